The van der Waals surface area contributed by atoms with E-state index in [1.807, 2.05) is 0 Å². The molecule has 1 fully saturated rings. The van der Waals surface area contributed by atoms with Crippen LogP contribution in [0.2, 0.25) is 0 Å². The van der Waals surface area contributed by atoms with Gasteiger partial charge in [-0.25, -0.2) is 4.79 Å². The molecule has 2 aromatic rings. The van der Waals surface area contributed by atoms with E-state index in [9.17, 15) is 40.5 Å². The zero-order chi connectivity index (χ0) is 23.4. The molecule has 5 unspecified atom stereocenters. The summed E-state index contributed by atoms with van der Waals surface area (Å²) in [6.45, 7) is -0.636. The standard InChI is InChI=1S/C21H22O11/c22-9-16-18(27)19(28)20(29)21(32-16)31-15-5-3-11(8-14(15)25)30-17(26)6-2-10-1-4-12(23)13(24)7-10/h1-8,16,18-25,27-29H,9H2. The van der Waals surface area contributed by atoms with Crippen molar-refractivity contribution in [2.45, 2.75) is 30.7 Å². The third-order valence-electron chi connectivity index (χ3n) is 4.65. The van der Waals surface area contributed by atoms with Crippen LogP contribution in [0.1, 0.15) is 5.56 Å². The first-order valence-electron chi connectivity index (χ1n) is 9.41. The van der Waals surface area contributed by atoms with Crippen molar-refractivity contribution in [2.24, 2.45) is 0 Å². The van der Waals surface area contributed by atoms with Gasteiger partial charge in [0.2, 0.25) is 6.29 Å². The highest BCUT2D eigenvalue weighted by molar-refractivity contribution is 5.88. The van der Waals surface area contributed by atoms with Gasteiger partial charge >= 0.3 is 5.97 Å². The van der Waals surface area contributed by atoms with Crippen molar-refractivity contribution in [3.05, 3.63) is 48.0 Å². The molecule has 172 valence electrons. The fourth-order valence-electron chi connectivity index (χ4n) is 2.91. The molecule has 0 aliphatic carbocycles. The zero-order valence-corrected chi connectivity index (χ0v) is 16.5. The van der Waals surface area contributed by atoms with E-state index >= 15 is 0 Å². The van der Waals surface area contributed by atoms with Crippen LogP contribution in [0.15, 0.2) is 42.5 Å². The third kappa shape index (κ3) is 5.28. The Morgan fingerprint density at radius 1 is 0.938 bits per heavy atom. The SMILES string of the molecule is O=C(C=Cc1ccc(O)c(O)c1)Oc1ccc(OC2OC(CO)C(O)C(O)C2O)c(O)c1. The molecule has 0 bridgehead atoms. The molecule has 2 aromatic carbocycles. The molecular weight excluding hydrogens is 428 g/mol. The number of aromatic hydroxyl groups is 3. The molecule has 11 heteroatoms. The second-order valence-corrected chi connectivity index (χ2v) is 6.95. The van der Waals surface area contributed by atoms with Crippen LogP contribution in [0.3, 0.4) is 0 Å². The number of ether oxygens (including phenoxy) is 3. The smallest absolute Gasteiger partial charge is 0.336 e. The van der Waals surface area contributed by atoms with E-state index in [1.165, 1.54) is 36.4 Å². The van der Waals surface area contributed by atoms with E-state index in [0.717, 1.165) is 12.1 Å². The Hall–Kier alpha value is -3.35. The lowest BCUT2D eigenvalue weighted by molar-refractivity contribution is -0.277. The Morgan fingerprint density at radius 2 is 1.69 bits per heavy atom. The molecule has 1 saturated heterocycles. The van der Waals surface area contributed by atoms with E-state index in [-0.39, 0.29) is 23.0 Å². The Morgan fingerprint density at radius 3 is 2.34 bits per heavy atom. The first-order chi connectivity index (χ1) is 15.2. The number of aliphatic hydroxyl groups is 4. The number of benzene rings is 2. The Balaban J connectivity index is 1.64. The summed E-state index contributed by atoms with van der Waals surface area (Å²) >= 11 is 0. The average Bonchev–Trinajstić information content (AvgIpc) is 2.76. The maximum absolute atomic E-state index is 12.0. The van der Waals surface area contributed by atoms with E-state index in [2.05, 4.69) is 0 Å². The maximum atomic E-state index is 12.0. The third-order valence-corrected chi connectivity index (χ3v) is 4.65. The van der Waals surface area contributed by atoms with E-state index < -0.39 is 49.0 Å². The van der Waals surface area contributed by atoms with Gasteiger partial charge in [-0.15, -0.1) is 0 Å². The molecule has 0 amide bonds. The van der Waals surface area contributed by atoms with Gasteiger partial charge in [-0.3, -0.25) is 0 Å². The van der Waals surface area contributed by atoms with Crippen molar-refractivity contribution in [3.63, 3.8) is 0 Å². The average molecular weight is 450 g/mol. The van der Waals surface area contributed by atoms with Crippen molar-refractivity contribution in [2.75, 3.05) is 6.61 Å². The fourth-order valence-corrected chi connectivity index (χ4v) is 2.91. The van der Waals surface area contributed by atoms with Gasteiger partial charge in [0, 0.05) is 12.1 Å². The monoisotopic (exact) mass is 450 g/mol. The molecule has 0 spiro atoms. The van der Waals surface area contributed by atoms with Gasteiger partial charge < -0.3 is 50.0 Å². The van der Waals surface area contributed by atoms with Gasteiger partial charge in [0.05, 0.1) is 6.61 Å². The van der Waals surface area contributed by atoms with Gasteiger partial charge in [0.1, 0.15) is 30.2 Å². The van der Waals surface area contributed by atoms with Crippen LogP contribution in [-0.4, -0.2) is 79.0 Å². The van der Waals surface area contributed by atoms with Crippen molar-refractivity contribution in [1.29, 1.82) is 0 Å². The lowest BCUT2D eigenvalue weighted by Crippen LogP contribution is -2.60. The summed E-state index contributed by atoms with van der Waals surface area (Å²) in [5, 5.41) is 67.6. The number of esters is 1. The first-order valence-corrected chi connectivity index (χ1v) is 9.41. The largest absolute Gasteiger partial charge is 0.504 e. The molecular formula is C21H22O11. The van der Waals surface area contributed by atoms with Gasteiger partial charge in [-0.1, -0.05) is 6.07 Å². The number of hydrogen-bond acceptors (Lipinski definition) is 11. The Bertz CT molecular complexity index is 988. The van der Waals surface area contributed by atoms with Crippen LogP contribution in [0, 0.1) is 0 Å². The lowest BCUT2D eigenvalue weighted by atomic mass is 9.99. The Labute approximate surface area is 181 Å². The summed E-state index contributed by atoms with van der Waals surface area (Å²) in [5.41, 5.74) is 0.434. The quantitative estimate of drug-likeness (QED) is 0.131. The minimum absolute atomic E-state index is 0.0353. The predicted molar refractivity (Wildman–Crippen MR) is 107 cm³/mol. The van der Waals surface area contributed by atoms with E-state index in [4.69, 9.17) is 14.2 Å². The van der Waals surface area contributed by atoms with Crippen molar-refractivity contribution >= 4 is 12.0 Å². The second-order valence-electron chi connectivity index (χ2n) is 6.95. The van der Waals surface area contributed by atoms with Crippen LogP contribution in [0.25, 0.3) is 6.08 Å². The predicted octanol–water partition coefficient (Wildman–Crippen LogP) is -0.399. The summed E-state index contributed by atoms with van der Waals surface area (Å²) in [4.78, 5) is 12.0. The lowest BCUT2D eigenvalue weighted by Gasteiger charge is -2.39. The number of rotatable bonds is 6. The second kappa shape index (κ2) is 9.85. The maximum Gasteiger partial charge on any atom is 0.336 e. The van der Waals surface area contributed by atoms with Crippen molar-refractivity contribution in [1.82, 2.24) is 0 Å². The minimum Gasteiger partial charge on any atom is -0.504 e. The summed E-state index contributed by atoms with van der Waals surface area (Å²) in [5.74, 6) is -2.12. The van der Waals surface area contributed by atoms with Gasteiger partial charge in [-0.05, 0) is 35.9 Å². The van der Waals surface area contributed by atoms with Gasteiger partial charge in [-0.2, -0.15) is 0 Å². The van der Waals surface area contributed by atoms with Crippen molar-refractivity contribution in [3.8, 4) is 28.7 Å². The van der Waals surface area contributed by atoms with Crippen LogP contribution in [0.5, 0.6) is 28.7 Å². The molecule has 7 N–H and O–H groups in total. The topological polar surface area (TPSA) is 186 Å². The molecule has 5 atom stereocenters. The number of hydrogen-bond donors (Lipinski definition) is 7. The molecule has 11 nitrogen and oxygen atoms in total. The molecule has 1 heterocycles. The first kappa shape index (κ1) is 23.3. The molecule has 0 saturated carbocycles. The van der Waals surface area contributed by atoms with Crippen LogP contribution < -0.4 is 9.47 Å². The highest BCUT2D eigenvalue weighted by Gasteiger charge is 2.44. The number of phenolic OH excluding ortho intramolecular Hbond substituents is 3. The van der Waals surface area contributed by atoms with Crippen LogP contribution in [0.4, 0.5) is 0 Å². The number of phenols is 3. The molecule has 1 aliphatic rings. The summed E-state index contributed by atoms with van der Waals surface area (Å²) in [6, 6.07) is 7.55. The number of carbonyl (C=O) groups excluding carboxylic acids is 1. The Kier molecular flexibility index (Phi) is 7.18. The molecule has 1 aliphatic heterocycles. The van der Waals surface area contributed by atoms with Gasteiger partial charge in [0.15, 0.2) is 23.0 Å². The summed E-state index contributed by atoms with van der Waals surface area (Å²) < 4.78 is 15.6. The minimum atomic E-state index is -1.66. The molecule has 0 radical (unpaired) electrons. The molecule has 3 rings (SSSR count). The molecule has 32 heavy (non-hydrogen) atoms. The highest BCUT2D eigenvalue weighted by atomic mass is 16.7. The number of aliphatic hydroxyl groups excluding tert-OH is 4. The number of carbonyl (C=O) groups is 1. The highest BCUT2D eigenvalue weighted by Crippen LogP contribution is 2.33. The van der Waals surface area contributed by atoms with E-state index in [1.54, 1.807) is 0 Å². The normalized spacial score (nSPS) is 25.6. The summed E-state index contributed by atoms with van der Waals surface area (Å²) in [7, 11) is 0. The van der Waals surface area contributed by atoms with Crippen LogP contribution >= 0.6 is 0 Å². The fraction of sp³-hybridized carbons (Fsp3) is 0.286. The van der Waals surface area contributed by atoms with Gasteiger partial charge in [0.25, 0.3) is 0 Å². The van der Waals surface area contributed by atoms with Crippen LogP contribution in [-0.2, 0) is 9.53 Å². The molecule has 0 aromatic heterocycles. The summed E-state index contributed by atoms with van der Waals surface area (Å²) in [6.07, 6.45) is -5.11. The zero-order valence-electron chi connectivity index (χ0n) is 16.5. The van der Waals surface area contributed by atoms with Crippen molar-refractivity contribution < 1.29 is 54.8 Å². The van der Waals surface area contributed by atoms with E-state index in [0.29, 0.717) is 5.56 Å².